The van der Waals surface area contributed by atoms with E-state index >= 15 is 0 Å². The number of hydrogen-bond donors (Lipinski definition) is 0. The van der Waals surface area contributed by atoms with Crippen LogP contribution in [-0.2, 0) is 9.53 Å². The second-order valence-corrected chi connectivity index (χ2v) is 6.79. The first-order chi connectivity index (χ1) is 15.0. The van der Waals surface area contributed by atoms with Crippen molar-refractivity contribution in [3.8, 4) is 11.5 Å². The molecule has 1 aliphatic rings. The summed E-state index contributed by atoms with van der Waals surface area (Å²) in [5.74, 6) is -0.381. The number of nitrogens with zero attached hydrogens (tertiary/aromatic N) is 1. The Hall–Kier alpha value is -3.84. The number of cyclic esters (lactones) is 1. The zero-order valence-corrected chi connectivity index (χ0v) is 17.1. The smallest absolute Gasteiger partial charge is 0.379 e. The third kappa shape index (κ3) is 4.67. The maximum absolute atomic E-state index is 12.2. The third-order valence-electron chi connectivity index (χ3n) is 4.21. The van der Waals surface area contributed by atoms with Crippen LogP contribution in [0.3, 0.4) is 0 Å². The molecule has 0 amide bonds. The van der Waals surface area contributed by atoms with Gasteiger partial charge >= 0.3 is 11.9 Å². The number of furan rings is 1. The van der Waals surface area contributed by atoms with E-state index in [9.17, 15) is 9.59 Å². The fourth-order valence-corrected chi connectivity index (χ4v) is 2.92. The maximum Gasteiger partial charge on any atom is 0.379 e. The molecule has 31 heavy (non-hydrogen) atoms. The second-order valence-electron chi connectivity index (χ2n) is 6.35. The average molecular weight is 438 g/mol. The highest BCUT2D eigenvalue weighted by atomic mass is 35.5. The molecule has 0 bridgehead atoms. The van der Waals surface area contributed by atoms with E-state index in [1.165, 1.54) is 12.3 Å². The van der Waals surface area contributed by atoms with Crippen molar-refractivity contribution in [1.29, 1.82) is 0 Å². The Morgan fingerprint density at radius 3 is 2.65 bits per heavy atom. The molecule has 1 aromatic heterocycles. The first kappa shape index (κ1) is 20.4. The average Bonchev–Trinajstić information content (AvgIpc) is 3.41. The van der Waals surface area contributed by atoms with E-state index in [0.717, 1.165) is 0 Å². The number of halogens is 1. The Bertz CT molecular complexity index is 1180. The normalized spacial score (nSPS) is 14.3. The number of rotatable bonds is 6. The van der Waals surface area contributed by atoms with Crippen molar-refractivity contribution >= 4 is 35.5 Å². The predicted molar refractivity (Wildman–Crippen MR) is 113 cm³/mol. The number of ether oxygens (including phenoxy) is 3. The molecular weight excluding hydrogens is 422 g/mol. The molecule has 156 valence electrons. The van der Waals surface area contributed by atoms with Crippen molar-refractivity contribution in [2.75, 3.05) is 6.61 Å². The zero-order chi connectivity index (χ0) is 21.8. The van der Waals surface area contributed by atoms with Gasteiger partial charge in [0.05, 0.1) is 12.9 Å². The number of aliphatic imine (C=N–C) groups is 1. The fourth-order valence-electron chi connectivity index (χ4n) is 2.79. The second kappa shape index (κ2) is 8.89. The summed E-state index contributed by atoms with van der Waals surface area (Å²) in [7, 11) is 0. The lowest BCUT2D eigenvalue weighted by atomic mass is 10.1. The highest BCUT2D eigenvalue weighted by Crippen LogP contribution is 2.31. The van der Waals surface area contributed by atoms with Crippen LogP contribution in [0.2, 0.25) is 5.02 Å². The molecule has 3 aromatic rings. The van der Waals surface area contributed by atoms with Gasteiger partial charge in [-0.2, -0.15) is 0 Å². The van der Waals surface area contributed by atoms with Gasteiger partial charge in [-0.3, -0.25) is 0 Å². The van der Waals surface area contributed by atoms with Crippen LogP contribution >= 0.6 is 11.6 Å². The molecule has 4 rings (SSSR count). The minimum absolute atomic E-state index is 0.0754. The number of carbonyl (C=O) groups is 2. The Kier molecular flexibility index (Phi) is 5.86. The Morgan fingerprint density at radius 1 is 1.13 bits per heavy atom. The monoisotopic (exact) mass is 437 g/mol. The van der Waals surface area contributed by atoms with Gasteiger partial charge in [-0.05, 0) is 67.1 Å². The summed E-state index contributed by atoms with van der Waals surface area (Å²) >= 11 is 5.89. The zero-order valence-electron chi connectivity index (χ0n) is 16.3. The van der Waals surface area contributed by atoms with E-state index in [-0.39, 0.29) is 23.1 Å². The standard InChI is InChI=1S/C23H16ClNO6/c1-2-28-20-13-14(5-10-18(20)30-23(27)19-4-3-11-29-19)12-17-22(26)31-21(25-17)15-6-8-16(24)9-7-15/h3-13H,2H2,1H3/b17-12+. The summed E-state index contributed by atoms with van der Waals surface area (Å²) < 4.78 is 21.3. The van der Waals surface area contributed by atoms with Crippen molar-refractivity contribution < 1.29 is 28.2 Å². The summed E-state index contributed by atoms with van der Waals surface area (Å²) in [6, 6.07) is 14.8. The minimum atomic E-state index is -0.645. The Labute approximate surface area is 182 Å². The molecule has 2 heterocycles. The van der Waals surface area contributed by atoms with E-state index in [1.807, 2.05) is 0 Å². The molecule has 0 N–H and O–H groups in total. The fraction of sp³-hybridized carbons (Fsp3) is 0.0870. The van der Waals surface area contributed by atoms with Gasteiger partial charge in [0, 0.05) is 10.6 Å². The maximum atomic E-state index is 12.2. The Morgan fingerprint density at radius 2 is 1.94 bits per heavy atom. The van der Waals surface area contributed by atoms with Crippen molar-refractivity contribution in [2.24, 2.45) is 4.99 Å². The highest BCUT2D eigenvalue weighted by Gasteiger charge is 2.24. The van der Waals surface area contributed by atoms with Crippen LogP contribution in [0.1, 0.15) is 28.6 Å². The highest BCUT2D eigenvalue weighted by molar-refractivity contribution is 6.30. The lowest BCUT2D eigenvalue weighted by Crippen LogP contribution is -2.08. The minimum Gasteiger partial charge on any atom is -0.490 e. The molecule has 1 aliphatic heterocycles. The number of carbonyl (C=O) groups excluding carboxylic acids is 2. The van der Waals surface area contributed by atoms with Gasteiger partial charge in [-0.1, -0.05) is 17.7 Å². The van der Waals surface area contributed by atoms with Gasteiger partial charge in [0.2, 0.25) is 11.7 Å². The van der Waals surface area contributed by atoms with Gasteiger partial charge in [-0.15, -0.1) is 0 Å². The van der Waals surface area contributed by atoms with Gasteiger partial charge in [0.1, 0.15) is 0 Å². The topological polar surface area (TPSA) is 87.3 Å². The first-order valence-electron chi connectivity index (χ1n) is 9.34. The van der Waals surface area contributed by atoms with E-state index < -0.39 is 11.9 Å². The van der Waals surface area contributed by atoms with Gasteiger partial charge < -0.3 is 18.6 Å². The van der Waals surface area contributed by atoms with E-state index in [1.54, 1.807) is 61.5 Å². The Balaban J connectivity index is 1.59. The largest absolute Gasteiger partial charge is 0.490 e. The summed E-state index contributed by atoms with van der Waals surface area (Å²) in [4.78, 5) is 28.7. The van der Waals surface area contributed by atoms with Gasteiger partial charge in [0.15, 0.2) is 17.2 Å². The summed E-state index contributed by atoms with van der Waals surface area (Å²) in [6.07, 6.45) is 2.95. The molecule has 0 saturated carbocycles. The molecule has 0 aliphatic carbocycles. The third-order valence-corrected chi connectivity index (χ3v) is 4.46. The van der Waals surface area contributed by atoms with Crippen LogP contribution in [0, 0.1) is 0 Å². The summed E-state index contributed by atoms with van der Waals surface area (Å²) in [5, 5.41) is 0.570. The summed E-state index contributed by atoms with van der Waals surface area (Å²) in [5.41, 5.74) is 1.39. The van der Waals surface area contributed by atoms with Crippen LogP contribution in [0.25, 0.3) is 6.08 Å². The molecule has 0 saturated heterocycles. The van der Waals surface area contributed by atoms with Crippen molar-refractivity contribution in [2.45, 2.75) is 6.92 Å². The van der Waals surface area contributed by atoms with Crippen molar-refractivity contribution in [1.82, 2.24) is 0 Å². The van der Waals surface area contributed by atoms with Crippen molar-refractivity contribution in [3.05, 3.63) is 88.5 Å². The van der Waals surface area contributed by atoms with E-state index in [4.69, 9.17) is 30.2 Å². The molecule has 0 atom stereocenters. The number of esters is 2. The van der Waals surface area contributed by atoms with Crippen LogP contribution in [0.5, 0.6) is 11.5 Å². The number of benzene rings is 2. The molecule has 7 nitrogen and oxygen atoms in total. The molecule has 0 unspecified atom stereocenters. The summed E-state index contributed by atoms with van der Waals surface area (Å²) in [6.45, 7) is 2.16. The molecule has 8 heteroatoms. The van der Waals surface area contributed by atoms with E-state index in [0.29, 0.717) is 28.5 Å². The SMILES string of the molecule is CCOc1cc(/C=C2/N=C(c3ccc(Cl)cc3)OC2=O)ccc1OC(=O)c1ccco1. The first-order valence-corrected chi connectivity index (χ1v) is 9.72. The van der Waals surface area contributed by atoms with Gasteiger partial charge in [0.25, 0.3) is 0 Å². The molecular formula is C23H16ClNO6. The quantitative estimate of drug-likeness (QED) is 0.310. The molecule has 0 fully saturated rings. The molecule has 0 radical (unpaired) electrons. The molecule has 0 spiro atoms. The van der Waals surface area contributed by atoms with Crippen molar-refractivity contribution in [3.63, 3.8) is 0 Å². The van der Waals surface area contributed by atoms with Crippen LogP contribution in [0.4, 0.5) is 0 Å². The molecule has 2 aromatic carbocycles. The van der Waals surface area contributed by atoms with Gasteiger partial charge in [-0.25, -0.2) is 14.6 Å². The van der Waals surface area contributed by atoms with E-state index in [2.05, 4.69) is 4.99 Å². The van der Waals surface area contributed by atoms with Crippen LogP contribution in [-0.4, -0.2) is 24.4 Å². The lowest BCUT2D eigenvalue weighted by molar-refractivity contribution is -0.129. The van der Waals surface area contributed by atoms with Crippen LogP contribution < -0.4 is 9.47 Å². The van der Waals surface area contributed by atoms with Crippen LogP contribution in [0.15, 0.2) is 76.0 Å². The number of hydrogen-bond acceptors (Lipinski definition) is 7. The lowest BCUT2D eigenvalue weighted by Gasteiger charge is -2.10. The predicted octanol–water partition coefficient (Wildman–Crippen LogP) is 4.90.